The van der Waals surface area contributed by atoms with Gasteiger partial charge in [-0.2, -0.15) is 0 Å². The van der Waals surface area contributed by atoms with Gasteiger partial charge in [-0.1, -0.05) is 12.8 Å². The van der Waals surface area contributed by atoms with Crippen molar-refractivity contribution in [2.75, 3.05) is 18.5 Å². The summed E-state index contributed by atoms with van der Waals surface area (Å²) in [5.41, 5.74) is 0.578. The molecule has 25 heavy (non-hydrogen) atoms. The van der Waals surface area contributed by atoms with Crippen LogP contribution in [0.3, 0.4) is 0 Å². The number of aromatic nitrogens is 1. The normalized spacial score (nSPS) is 20.9. The second-order valence-electron chi connectivity index (χ2n) is 6.50. The van der Waals surface area contributed by atoms with Crippen molar-refractivity contribution in [3.63, 3.8) is 0 Å². The number of nitrogens with one attached hydrogen (secondary N) is 1. The Hall–Kier alpha value is -1.96. The standard InChI is InChI=1S/C17H23N3O4S/c1-2-24-15(22)8-12-10-25-17(18-12)19-16(23)11-7-14(21)20(9-11)13-5-3-4-6-13/h10-11,13H,2-9H2,1H3,(H,18,19,23). The highest BCUT2D eigenvalue weighted by atomic mass is 32.1. The number of ether oxygens (including phenoxy) is 1. The number of likely N-dealkylation sites (tertiary alicyclic amines) is 1. The maximum atomic E-state index is 12.4. The highest BCUT2D eigenvalue weighted by Crippen LogP contribution is 2.30. The van der Waals surface area contributed by atoms with Crippen LogP contribution in [0.15, 0.2) is 5.38 Å². The van der Waals surface area contributed by atoms with Crippen molar-refractivity contribution in [2.45, 2.75) is 51.5 Å². The van der Waals surface area contributed by atoms with Crippen LogP contribution in [0.25, 0.3) is 0 Å². The summed E-state index contributed by atoms with van der Waals surface area (Å²) in [6.45, 7) is 2.58. The lowest BCUT2D eigenvalue weighted by Gasteiger charge is -2.23. The molecule has 1 unspecified atom stereocenters. The van der Waals surface area contributed by atoms with Gasteiger partial charge in [-0.15, -0.1) is 11.3 Å². The smallest absolute Gasteiger partial charge is 0.311 e. The molecule has 1 aromatic heterocycles. The number of thiazole rings is 1. The van der Waals surface area contributed by atoms with Crippen LogP contribution < -0.4 is 5.32 Å². The molecule has 2 aliphatic rings. The van der Waals surface area contributed by atoms with Gasteiger partial charge in [0.1, 0.15) is 0 Å². The molecule has 1 saturated carbocycles. The first-order chi connectivity index (χ1) is 12.1. The predicted molar refractivity (Wildman–Crippen MR) is 93.2 cm³/mol. The Kier molecular flexibility index (Phi) is 5.67. The molecule has 2 fully saturated rings. The third kappa shape index (κ3) is 4.36. The van der Waals surface area contributed by atoms with Crippen LogP contribution in [-0.2, 0) is 25.5 Å². The highest BCUT2D eigenvalue weighted by molar-refractivity contribution is 7.13. The Morgan fingerprint density at radius 3 is 2.88 bits per heavy atom. The van der Waals surface area contributed by atoms with Crippen LogP contribution in [0.1, 0.15) is 44.7 Å². The first-order valence-electron chi connectivity index (χ1n) is 8.77. The number of carbonyl (C=O) groups excluding carboxylic acids is 3. The predicted octanol–water partition coefficient (Wildman–Crippen LogP) is 1.98. The molecule has 8 heteroatoms. The molecule has 136 valence electrons. The van der Waals surface area contributed by atoms with Crippen LogP contribution in [0.4, 0.5) is 5.13 Å². The molecule has 2 amide bonds. The SMILES string of the molecule is CCOC(=O)Cc1csc(NC(=O)C2CC(=O)N(C3CCCC3)C2)n1. The second-order valence-corrected chi connectivity index (χ2v) is 7.36. The van der Waals surface area contributed by atoms with Gasteiger partial charge in [0.05, 0.1) is 24.6 Å². The van der Waals surface area contributed by atoms with Gasteiger partial charge >= 0.3 is 5.97 Å². The van der Waals surface area contributed by atoms with E-state index >= 15 is 0 Å². The minimum absolute atomic E-state index is 0.0780. The Morgan fingerprint density at radius 1 is 1.40 bits per heavy atom. The number of anilines is 1. The van der Waals surface area contributed by atoms with Gasteiger partial charge < -0.3 is 15.0 Å². The van der Waals surface area contributed by atoms with Crippen LogP contribution in [0.2, 0.25) is 0 Å². The minimum atomic E-state index is -0.334. The van der Waals surface area contributed by atoms with Crippen molar-refractivity contribution in [2.24, 2.45) is 5.92 Å². The number of hydrogen-bond donors (Lipinski definition) is 1. The highest BCUT2D eigenvalue weighted by Gasteiger charge is 2.38. The van der Waals surface area contributed by atoms with Crippen molar-refractivity contribution in [1.82, 2.24) is 9.88 Å². The van der Waals surface area contributed by atoms with Gasteiger partial charge in [0.2, 0.25) is 11.8 Å². The van der Waals surface area contributed by atoms with Crippen molar-refractivity contribution >= 4 is 34.3 Å². The summed E-state index contributed by atoms with van der Waals surface area (Å²) >= 11 is 1.27. The summed E-state index contributed by atoms with van der Waals surface area (Å²) < 4.78 is 4.89. The fraction of sp³-hybridized carbons (Fsp3) is 0.647. The van der Waals surface area contributed by atoms with E-state index in [1.807, 2.05) is 4.90 Å². The quantitative estimate of drug-likeness (QED) is 0.779. The van der Waals surface area contributed by atoms with Crippen molar-refractivity contribution < 1.29 is 19.1 Å². The van der Waals surface area contributed by atoms with Crippen molar-refractivity contribution in [1.29, 1.82) is 0 Å². The average molecular weight is 365 g/mol. The number of amides is 2. The molecule has 2 heterocycles. The van der Waals surface area contributed by atoms with E-state index in [2.05, 4.69) is 10.3 Å². The van der Waals surface area contributed by atoms with Crippen molar-refractivity contribution in [3.8, 4) is 0 Å². The van der Waals surface area contributed by atoms with E-state index in [1.54, 1.807) is 12.3 Å². The molecule has 0 radical (unpaired) electrons. The second kappa shape index (κ2) is 7.95. The largest absolute Gasteiger partial charge is 0.466 e. The van der Waals surface area contributed by atoms with Gasteiger partial charge in [-0.25, -0.2) is 4.98 Å². The molecule has 0 spiro atoms. The molecule has 1 saturated heterocycles. The third-order valence-corrected chi connectivity index (χ3v) is 5.51. The topological polar surface area (TPSA) is 88.6 Å². The van der Waals surface area contributed by atoms with E-state index in [1.165, 1.54) is 11.3 Å². The lowest BCUT2D eigenvalue weighted by Crippen LogP contribution is -2.35. The first kappa shape index (κ1) is 17.8. The molecular formula is C17H23N3O4S. The molecule has 1 N–H and O–H groups in total. The molecule has 3 rings (SSSR count). The van der Waals surface area contributed by atoms with Gasteiger partial charge in [0, 0.05) is 24.4 Å². The van der Waals surface area contributed by atoms with E-state index in [4.69, 9.17) is 4.74 Å². The number of esters is 1. The Morgan fingerprint density at radius 2 is 2.16 bits per heavy atom. The molecule has 1 aliphatic heterocycles. The van der Waals surface area contributed by atoms with E-state index < -0.39 is 0 Å². The lowest BCUT2D eigenvalue weighted by molar-refractivity contribution is -0.142. The molecule has 7 nitrogen and oxygen atoms in total. The van der Waals surface area contributed by atoms with Crippen LogP contribution in [0, 0.1) is 5.92 Å². The monoisotopic (exact) mass is 365 g/mol. The van der Waals surface area contributed by atoms with E-state index in [9.17, 15) is 14.4 Å². The summed E-state index contributed by atoms with van der Waals surface area (Å²) in [5.74, 6) is -0.759. The zero-order chi connectivity index (χ0) is 17.8. The number of hydrogen-bond acceptors (Lipinski definition) is 6. The maximum absolute atomic E-state index is 12.4. The zero-order valence-corrected chi connectivity index (χ0v) is 15.1. The lowest BCUT2D eigenvalue weighted by atomic mass is 10.1. The zero-order valence-electron chi connectivity index (χ0n) is 14.3. The summed E-state index contributed by atoms with van der Waals surface area (Å²) in [7, 11) is 0. The maximum Gasteiger partial charge on any atom is 0.311 e. The van der Waals surface area contributed by atoms with Gasteiger partial charge in [-0.05, 0) is 19.8 Å². The molecule has 1 atom stereocenters. The van der Waals surface area contributed by atoms with Gasteiger partial charge in [-0.3, -0.25) is 14.4 Å². The number of carbonyl (C=O) groups is 3. The summed E-state index contributed by atoms with van der Waals surface area (Å²) in [4.78, 5) is 42.2. The van der Waals surface area contributed by atoms with Crippen LogP contribution in [0.5, 0.6) is 0 Å². The molecule has 0 aromatic carbocycles. The fourth-order valence-corrected chi connectivity index (χ4v) is 4.20. The Balaban J connectivity index is 1.53. The first-order valence-corrected chi connectivity index (χ1v) is 9.65. The average Bonchev–Trinajstić information content (AvgIpc) is 3.28. The van der Waals surface area contributed by atoms with Crippen LogP contribution >= 0.6 is 11.3 Å². The summed E-state index contributed by atoms with van der Waals surface area (Å²) in [6.07, 6.45) is 4.77. The van der Waals surface area contributed by atoms with E-state index in [0.717, 1.165) is 25.7 Å². The van der Waals surface area contributed by atoms with E-state index in [0.29, 0.717) is 30.0 Å². The summed E-state index contributed by atoms with van der Waals surface area (Å²) in [5, 5.41) is 4.97. The number of nitrogens with zero attached hydrogens (tertiary/aromatic N) is 2. The van der Waals surface area contributed by atoms with Gasteiger partial charge in [0.15, 0.2) is 5.13 Å². The molecule has 1 aliphatic carbocycles. The number of rotatable bonds is 6. The van der Waals surface area contributed by atoms with E-state index in [-0.39, 0.29) is 36.5 Å². The molecule has 0 bridgehead atoms. The van der Waals surface area contributed by atoms with Crippen molar-refractivity contribution in [3.05, 3.63) is 11.1 Å². The third-order valence-electron chi connectivity index (χ3n) is 4.71. The van der Waals surface area contributed by atoms with Gasteiger partial charge in [0.25, 0.3) is 0 Å². The van der Waals surface area contributed by atoms with Crippen LogP contribution in [-0.4, -0.2) is 46.9 Å². The Labute approximate surface area is 150 Å². The Bertz CT molecular complexity index is 654. The minimum Gasteiger partial charge on any atom is -0.466 e. The molecular weight excluding hydrogens is 342 g/mol. The molecule has 1 aromatic rings. The fourth-order valence-electron chi connectivity index (χ4n) is 3.49. The summed E-state index contributed by atoms with van der Waals surface area (Å²) in [6, 6.07) is 0.307.